The van der Waals surface area contributed by atoms with Gasteiger partial charge in [-0.1, -0.05) is 272 Å². The second-order valence-electron chi connectivity index (χ2n) is 21.6. The first-order valence-corrected chi connectivity index (χ1v) is 33.4. The third kappa shape index (κ3) is 30.9. The molecule has 0 spiro atoms. The van der Waals surface area contributed by atoms with Crippen molar-refractivity contribution >= 4 is 19.7 Å². The lowest BCUT2D eigenvalue weighted by Crippen LogP contribution is -2.53. The Kier molecular flexibility index (Phi) is 35.0. The molecule has 4 rings (SSSR count). The topological polar surface area (TPSA) is 114 Å². The highest BCUT2D eigenvalue weighted by atomic mass is 32.2. The Morgan fingerprint density at radius 1 is 0.446 bits per heavy atom. The first-order chi connectivity index (χ1) is 36.2. The predicted octanol–water partition coefficient (Wildman–Crippen LogP) is 15.9. The van der Waals surface area contributed by atoms with E-state index in [1.54, 1.807) is 0 Å². The highest BCUT2D eigenvalue weighted by molar-refractivity contribution is 7.92. The summed E-state index contributed by atoms with van der Waals surface area (Å²) in [6, 6.07) is 30.0. The van der Waals surface area contributed by atoms with Crippen molar-refractivity contribution in [3.05, 3.63) is 108 Å². The number of hydrogen-bond donors (Lipinski definition) is 0. The van der Waals surface area contributed by atoms with Crippen LogP contribution in [0.25, 0.3) is 0 Å². The normalized spacial score (nSPS) is 17.3. The zero-order chi connectivity index (χ0) is 52.6. The third-order valence-corrected chi connectivity index (χ3v) is 18.4. The van der Waals surface area contributed by atoms with E-state index in [2.05, 4.69) is 13.8 Å². The minimum atomic E-state index is -3.56. The number of benzene rings is 3. The van der Waals surface area contributed by atoms with E-state index < -0.39 is 50.2 Å². The molecule has 74 heavy (non-hydrogen) atoms. The molecular formula is C63H102O9S2. The van der Waals surface area contributed by atoms with E-state index in [1.807, 2.05) is 91.0 Å². The molecule has 11 heteroatoms. The molecule has 3 aromatic carbocycles. The fourth-order valence-electron chi connectivity index (χ4n) is 10.2. The fourth-order valence-corrected chi connectivity index (χ4v) is 13.9. The van der Waals surface area contributed by atoms with Gasteiger partial charge < -0.3 is 23.7 Å². The summed E-state index contributed by atoms with van der Waals surface area (Å²) in [4.78, 5) is 0. The average Bonchev–Trinajstić information content (AvgIpc) is 3.40. The molecule has 0 aliphatic carbocycles. The van der Waals surface area contributed by atoms with Crippen LogP contribution in [0, 0.1) is 5.92 Å². The van der Waals surface area contributed by atoms with Gasteiger partial charge in [0.15, 0.2) is 26.0 Å². The predicted molar refractivity (Wildman–Crippen MR) is 307 cm³/mol. The second kappa shape index (κ2) is 40.6. The van der Waals surface area contributed by atoms with Gasteiger partial charge in [-0.15, -0.1) is 0 Å². The lowest BCUT2D eigenvalue weighted by atomic mass is 10.0. The van der Waals surface area contributed by atoms with E-state index in [9.17, 15) is 16.8 Å². The van der Waals surface area contributed by atoms with Crippen molar-refractivity contribution in [3.8, 4) is 0 Å². The van der Waals surface area contributed by atoms with Crippen molar-refractivity contribution in [1.82, 2.24) is 0 Å². The Balaban J connectivity index is 1.36. The van der Waals surface area contributed by atoms with Crippen LogP contribution in [-0.2, 0) is 63.2 Å². The summed E-state index contributed by atoms with van der Waals surface area (Å²) < 4.78 is 88.2. The van der Waals surface area contributed by atoms with Crippen LogP contribution < -0.4 is 0 Å². The lowest BCUT2D eigenvalue weighted by Gasteiger charge is -2.41. The smallest absolute Gasteiger partial charge is 0.160 e. The van der Waals surface area contributed by atoms with Gasteiger partial charge >= 0.3 is 0 Å². The maximum absolute atomic E-state index is 13.8. The van der Waals surface area contributed by atoms with E-state index in [1.165, 1.54) is 128 Å². The van der Waals surface area contributed by atoms with Crippen molar-refractivity contribution in [2.45, 2.75) is 244 Å². The van der Waals surface area contributed by atoms with Gasteiger partial charge in [-0.25, -0.2) is 16.8 Å². The molecule has 0 saturated carbocycles. The molecule has 9 nitrogen and oxygen atoms in total. The molecule has 1 saturated heterocycles. The van der Waals surface area contributed by atoms with Crippen molar-refractivity contribution in [2.24, 2.45) is 5.92 Å². The molecule has 1 heterocycles. The van der Waals surface area contributed by atoms with Gasteiger partial charge in [-0.3, -0.25) is 0 Å². The first-order valence-electron chi connectivity index (χ1n) is 29.8. The summed E-state index contributed by atoms with van der Waals surface area (Å²) in [5, 5.41) is 0. The van der Waals surface area contributed by atoms with E-state index in [0.29, 0.717) is 39.1 Å². The van der Waals surface area contributed by atoms with E-state index >= 15 is 0 Å². The molecule has 420 valence electrons. The van der Waals surface area contributed by atoms with Crippen LogP contribution in [0.5, 0.6) is 0 Å². The van der Waals surface area contributed by atoms with Crippen molar-refractivity contribution < 1.29 is 40.5 Å². The van der Waals surface area contributed by atoms with E-state index in [4.69, 9.17) is 23.7 Å². The van der Waals surface area contributed by atoms with E-state index in [-0.39, 0.29) is 36.2 Å². The van der Waals surface area contributed by atoms with Gasteiger partial charge in [0, 0.05) is 12.3 Å². The van der Waals surface area contributed by atoms with Gasteiger partial charge in [0.1, 0.15) is 12.2 Å². The number of unbranched alkanes of at least 4 members (excludes halogenated alkanes) is 26. The fraction of sp³-hybridized carbons (Fsp3) is 0.714. The Morgan fingerprint density at radius 2 is 0.797 bits per heavy atom. The van der Waals surface area contributed by atoms with Crippen molar-refractivity contribution in [2.75, 3.05) is 36.2 Å². The molecule has 1 aliphatic rings. The zero-order valence-corrected chi connectivity index (χ0v) is 48.0. The van der Waals surface area contributed by atoms with Gasteiger partial charge in [0.25, 0.3) is 0 Å². The van der Waals surface area contributed by atoms with Crippen LogP contribution in [0.2, 0.25) is 0 Å². The van der Waals surface area contributed by atoms with E-state index in [0.717, 1.165) is 55.2 Å². The average molecular weight is 1070 g/mol. The van der Waals surface area contributed by atoms with Crippen LogP contribution in [0.1, 0.15) is 217 Å². The molecule has 3 aromatic rings. The first kappa shape index (κ1) is 63.9. The Morgan fingerprint density at radius 3 is 1.19 bits per heavy atom. The summed E-state index contributed by atoms with van der Waals surface area (Å²) in [7, 11) is -7.13. The van der Waals surface area contributed by atoms with Crippen LogP contribution in [0.4, 0.5) is 0 Å². The number of hydrogen-bond acceptors (Lipinski definition) is 9. The van der Waals surface area contributed by atoms with Crippen LogP contribution in [0.15, 0.2) is 91.0 Å². The summed E-state index contributed by atoms with van der Waals surface area (Å²) in [6.45, 7) is 5.72. The van der Waals surface area contributed by atoms with Crippen LogP contribution in [0.3, 0.4) is 0 Å². The van der Waals surface area contributed by atoms with Crippen molar-refractivity contribution in [1.29, 1.82) is 0 Å². The Hall–Kier alpha value is -2.64. The summed E-state index contributed by atoms with van der Waals surface area (Å²) in [5.74, 6) is -1.11. The molecular weight excluding hydrogens is 965 g/mol. The maximum Gasteiger partial charge on any atom is 0.160 e. The molecule has 0 amide bonds. The van der Waals surface area contributed by atoms with Gasteiger partial charge in [0.05, 0.1) is 62.1 Å². The molecule has 0 bridgehead atoms. The summed E-state index contributed by atoms with van der Waals surface area (Å²) in [6.07, 6.45) is 31.3. The molecule has 1 fully saturated rings. The Labute approximate surface area is 452 Å². The quantitative estimate of drug-likeness (QED) is 0.0510. The molecule has 0 unspecified atom stereocenters. The van der Waals surface area contributed by atoms with Crippen LogP contribution >= 0.6 is 0 Å². The number of rotatable bonds is 47. The SMILES string of the molecule is CCCCCCCCCCCCCCCCS(=O)(=O)CC(CO[C@H]1C[C@@H](OCc2ccccc2)[C@H](OCc2ccccc2)[C@@H](COCc2ccccc2)O1)CS(=O)(=O)CCCCCCCCCCCCCCCC. The standard InChI is InChI=1S/C63H102O9S2/c1-3-5-7-9-11-13-15-17-19-21-23-25-27-38-46-73(64,65)54-59(55-74(66,67)47-39-28-26-24-22-20-18-16-14-12-10-8-6-4-2)52-70-62-48-60(69-50-57-42-34-30-35-43-57)63(71-51-58-44-36-31-37-45-58)61(72-62)53-68-49-56-40-32-29-33-41-56/h29-37,40-45,59-63H,3-28,38-39,46-55H2,1-2H3/t60-,61-,62-,63+/m1/s1. The molecule has 0 N–H and O–H groups in total. The second-order valence-corrected chi connectivity index (χ2v) is 26.0. The van der Waals surface area contributed by atoms with Gasteiger partial charge in [0.2, 0.25) is 0 Å². The van der Waals surface area contributed by atoms with Gasteiger partial charge in [-0.05, 0) is 29.5 Å². The third-order valence-electron chi connectivity index (χ3n) is 14.6. The van der Waals surface area contributed by atoms with Crippen LogP contribution in [-0.4, -0.2) is 77.7 Å². The highest BCUT2D eigenvalue weighted by Gasteiger charge is 2.42. The number of ether oxygens (including phenoxy) is 5. The largest absolute Gasteiger partial charge is 0.374 e. The zero-order valence-electron chi connectivity index (χ0n) is 46.4. The number of sulfone groups is 2. The minimum Gasteiger partial charge on any atom is -0.374 e. The lowest BCUT2D eigenvalue weighted by molar-refractivity contribution is -0.280. The molecule has 0 aromatic heterocycles. The summed E-state index contributed by atoms with van der Waals surface area (Å²) in [5.41, 5.74) is 3.07. The maximum atomic E-state index is 13.8. The molecule has 4 atom stereocenters. The highest BCUT2D eigenvalue weighted by Crippen LogP contribution is 2.30. The summed E-state index contributed by atoms with van der Waals surface area (Å²) >= 11 is 0. The minimum absolute atomic E-state index is 0.0527. The monoisotopic (exact) mass is 1070 g/mol. The molecule has 1 aliphatic heterocycles. The Bertz CT molecular complexity index is 1920. The molecule has 0 radical (unpaired) electrons. The van der Waals surface area contributed by atoms with Gasteiger partial charge in [-0.2, -0.15) is 0 Å². The van der Waals surface area contributed by atoms with Crippen molar-refractivity contribution in [3.63, 3.8) is 0 Å².